The molecule has 0 aromatic carbocycles. The number of ether oxygens (including phenoxy) is 1. The number of thiophene rings is 1. The van der Waals surface area contributed by atoms with Crippen molar-refractivity contribution in [2.75, 3.05) is 18.5 Å². The average molecular weight is 425 g/mol. The Morgan fingerprint density at radius 2 is 2.33 bits per heavy atom. The Morgan fingerprint density at radius 3 is 3.07 bits per heavy atom. The SMILES string of the molecule is CCCNC(=O)OCC1CCc2c(sc(NC(=O)C=Cc3cccnc3)c2C#N)C1. The van der Waals surface area contributed by atoms with Gasteiger partial charge >= 0.3 is 6.09 Å². The molecule has 2 aromatic rings. The molecule has 0 saturated carbocycles. The highest BCUT2D eigenvalue weighted by atomic mass is 32.1. The van der Waals surface area contributed by atoms with Gasteiger partial charge in [0.15, 0.2) is 0 Å². The summed E-state index contributed by atoms with van der Waals surface area (Å²) in [6, 6.07) is 5.89. The first-order valence-electron chi connectivity index (χ1n) is 9.95. The fraction of sp³-hybridized carbons (Fsp3) is 0.364. The molecule has 1 aliphatic carbocycles. The van der Waals surface area contributed by atoms with Crippen molar-refractivity contribution in [3.63, 3.8) is 0 Å². The molecule has 2 amide bonds. The van der Waals surface area contributed by atoms with Gasteiger partial charge in [0, 0.05) is 29.9 Å². The van der Waals surface area contributed by atoms with Gasteiger partial charge in [0.25, 0.3) is 0 Å². The zero-order valence-electron chi connectivity index (χ0n) is 16.8. The highest BCUT2D eigenvalue weighted by Crippen LogP contribution is 2.39. The van der Waals surface area contributed by atoms with E-state index in [1.165, 1.54) is 17.4 Å². The van der Waals surface area contributed by atoms with Crippen LogP contribution in [0, 0.1) is 17.2 Å². The van der Waals surface area contributed by atoms with Crippen molar-refractivity contribution < 1.29 is 14.3 Å². The van der Waals surface area contributed by atoms with E-state index in [2.05, 4.69) is 21.7 Å². The van der Waals surface area contributed by atoms with Crippen molar-refractivity contribution in [2.24, 2.45) is 5.92 Å². The molecule has 2 heterocycles. The average Bonchev–Trinajstić information content (AvgIpc) is 3.11. The number of pyridine rings is 1. The third kappa shape index (κ3) is 5.67. The second-order valence-corrected chi connectivity index (χ2v) is 8.17. The fourth-order valence-electron chi connectivity index (χ4n) is 3.27. The van der Waals surface area contributed by atoms with Gasteiger partial charge in [0.2, 0.25) is 5.91 Å². The van der Waals surface area contributed by atoms with Gasteiger partial charge in [0.1, 0.15) is 11.1 Å². The number of nitriles is 1. The highest BCUT2D eigenvalue weighted by Gasteiger charge is 2.27. The predicted octanol–water partition coefficient (Wildman–Crippen LogP) is 3.91. The Kier molecular flexibility index (Phi) is 7.57. The molecule has 0 bridgehead atoms. The zero-order chi connectivity index (χ0) is 21.3. The van der Waals surface area contributed by atoms with Crippen LogP contribution in [-0.4, -0.2) is 30.1 Å². The number of hydrogen-bond acceptors (Lipinski definition) is 6. The maximum absolute atomic E-state index is 12.3. The maximum Gasteiger partial charge on any atom is 0.407 e. The van der Waals surface area contributed by atoms with Crippen LogP contribution in [0.3, 0.4) is 0 Å². The summed E-state index contributed by atoms with van der Waals surface area (Å²) < 4.78 is 5.31. The first-order chi connectivity index (χ1) is 14.6. The first kappa shape index (κ1) is 21.5. The molecule has 7 nitrogen and oxygen atoms in total. The molecule has 8 heteroatoms. The number of carbonyl (C=O) groups excluding carboxylic acids is 2. The second kappa shape index (κ2) is 10.6. The fourth-order valence-corrected chi connectivity index (χ4v) is 4.59. The molecule has 1 aliphatic rings. The molecule has 1 atom stereocenters. The Labute approximate surface area is 179 Å². The smallest absolute Gasteiger partial charge is 0.407 e. The third-order valence-corrected chi connectivity index (χ3v) is 5.97. The van der Waals surface area contributed by atoms with Crippen LogP contribution in [0.1, 0.15) is 41.3 Å². The molecule has 2 aromatic heterocycles. The summed E-state index contributed by atoms with van der Waals surface area (Å²) in [5, 5.41) is 15.7. The van der Waals surface area contributed by atoms with E-state index >= 15 is 0 Å². The van der Waals surface area contributed by atoms with Crippen LogP contribution in [0.2, 0.25) is 0 Å². The molecule has 0 aliphatic heterocycles. The largest absolute Gasteiger partial charge is 0.449 e. The van der Waals surface area contributed by atoms with E-state index in [1.807, 2.05) is 13.0 Å². The van der Waals surface area contributed by atoms with Crippen molar-refractivity contribution in [2.45, 2.75) is 32.6 Å². The number of nitrogens with one attached hydrogen (secondary N) is 2. The van der Waals surface area contributed by atoms with E-state index in [9.17, 15) is 14.9 Å². The number of hydrogen-bond donors (Lipinski definition) is 2. The summed E-state index contributed by atoms with van der Waals surface area (Å²) in [5.74, 6) is -0.0782. The predicted molar refractivity (Wildman–Crippen MR) is 116 cm³/mol. The Hall–Kier alpha value is -3.18. The van der Waals surface area contributed by atoms with Crippen molar-refractivity contribution >= 4 is 34.4 Å². The Morgan fingerprint density at radius 1 is 1.47 bits per heavy atom. The van der Waals surface area contributed by atoms with E-state index in [-0.39, 0.29) is 17.9 Å². The van der Waals surface area contributed by atoms with Crippen LogP contribution in [0.25, 0.3) is 6.08 Å². The second-order valence-electron chi connectivity index (χ2n) is 7.06. The van der Waals surface area contributed by atoms with E-state index < -0.39 is 0 Å². The van der Waals surface area contributed by atoms with Crippen molar-refractivity contribution in [3.05, 3.63) is 52.2 Å². The van der Waals surface area contributed by atoms with Gasteiger partial charge < -0.3 is 15.4 Å². The van der Waals surface area contributed by atoms with Crippen molar-refractivity contribution in [3.8, 4) is 6.07 Å². The van der Waals surface area contributed by atoms with Gasteiger partial charge in [-0.15, -0.1) is 11.3 Å². The number of amides is 2. The number of nitrogens with zero attached hydrogens (tertiary/aromatic N) is 2. The van der Waals surface area contributed by atoms with Gasteiger partial charge in [-0.3, -0.25) is 9.78 Å². The van der Waals surface area contributed by atoms with E-state index in [1.54, 1.807) is 24.5 Å². The van der Waals surface area contributed by atoms with Gasteiger partial charge in [-0.1, -0.05) is 13.0 Å². The molecule has 2 N–H and O–H groups in total. The highest BCUT2D eigenvalue weighted by molar-refractivity contribution is 7.16. The summed E-state index contributed by atoms with van der Waals surface area (Å²) in [6.45, 7) is 2.93. The minimum absolute atomic E-state index is 0.212. The van der Waals surface area contributed by atoms with Crippen molar-refractivity contribution in [1.29, 1.82) is 5.26 Å². The summed E-state index contributed by atoms with van der Waals surface area (Å²) in [7, 11) is 0. The van der Waals surface area contributed by atoms with Gasteiger partial charge in [-0.05, 0) is 54.9 Å². The number of carbonyl (C=O) groups is 2. The molecule has 0 saturated heterocycles. The minimum Gasteiger partial charge on any atom is -0.449 e. The molecular formula is C22H24N4O3S. The standard InChI is InChI=1S/C22H24N4O3S/c1-2-9-25-22(28)29-14-16-5-7-17-18(12-23)21(30-19(17)11-16)26-20(27)8-6-15-4-3-10-24-13-15/h3-4,6,8,10,13,16H,2,5,7,9,11,14H2,1H3,(H,25,28)(H,26,27). The Bertz CT molecular complexity index is 963. The maximum atomic E-state index is 12.3. The number of aromatic nitrogens is 1. The molecule has 0 fully saturated rings. The quantitative estimate of drug-likeness (QED) is 0.656. The number of alkyl carbamates (subject to hydrolysis) is 1. The first-order valence-corrected chi connectivity index (χ1v) is 10.8. The Balaban J connectivity index is 1.62. The molecule has 0 radical (unpaired) electrons. The van der Waals surface area contributed by atoms with Gasteiger partial charge in [-0.25, -0.2) is 4.79 Å². The molecule has 3 rings (SSSR count). The number of fused-ring (bicyclic) bond motifs is 1. The van der Waals surface area contributed by atoms with Crippen LogP contribution >= 0.6 is 11.3 Å². The lowest BCUT2D eigenvalue weighted by atomic mass is 9.88. The van der Waals surface area contributed by atoms with Gasteiger partial charge in [-0.2, -0.15) is 5.26 Å². The molecular weight excluding hydrogens is 400 g/mol. The van der Waals surface area contributed by atoms with E-state index in [0.717, 1.165) is 41.7 Å². The summed E-state index contributed by atoms with van der Waals surface area (Å²) in [5.41, 5.74) is 2.36. The van der Waals surface area contributed by atoms with E-state index in [0.29, 0.717) is 23.7 Å². The van der Waals surface area contributed by atoms with Crippen LogP contribution in [0.4, 0.5) is 9.80 Å². The normalized spacial score (nSPS) is 15.3. The van der Waals surface area contributed by atoms with Crippen LogP contribution in [0.5, 0.6) is 0 Å². The molecule has 30 heavy (non-hydrogen) atoms. The summed E-state index contributed by atoms with van der Waals surface area (Å²) in [4.78, 5) is 29.0. The van der Waals surface area contributed by atoms with Crippen LogP contribution < -0.4 is 10.6 Å². The van der Waals surface area contributed by atoms with Crippen LogP contribution in [0.15, 0.2) is 30.6 Å². The minimum atomic E-state index is -0.389. The van der Waals surface area contributed by atoms with Crippen LogP contribution in [-0.2, 0) is 22.4 Å². The number of anilines is 1. The topological polar surface area (TPSA) is 104 Å². The van der Waals surface area contributed by atoms with Gasteiger partial charge in [0.05, 0.1) is 12.2 Å². The lowest BCUT2D eigenvalue weighted by molar-refractivity contribution is -0.111. The lowest BCUT2D eigenvalue weighted by Crippen LogP contribution is -2.28. The number of rotatable bonds is 7. The summed E-state index contributed by atoms with van der Waals surface area (Å²) >= 11 is 1.43. The molecule has 156 valence electrons. The third-order valence-electron chi connectivity index (χ3n) is 4.80. The molecule has 1 unspecified atom stereocenters. The van der Waals surface area contributed by atoms with E-state index in [4.69, 9.17) is 4.74 Å². The monoisotopic (exact) mass is 424 g/mol. The van der Waals surface area contributed by atoms with Crippen molar-refractivity contribution in [1.82, 2.24) is 10.3 Å². The molecule has 0 spiro atoms. The zero-order valence-corrected chi connectivity index (χ0v) is 17.6. The summed E-state index contributed by atoms with van der Waals surface area (Å²) in [6.07, 6.45) is 9.23. The lowest BCUT2D eigenvalue weighted by Gasteiger charge is -2.21.